The number of carbonyl (C=O) groups is 3. The Kier molecular flexibility index (Phi) is 7.70. The van der Waals surface area contributed by atoms with Gasteiger partial charge in [-0.15, -0.1) is 0 Å². The number of halogens is 3. The third kappa shape index (κ3) is 6.84. The van der Waals surface area contributed by atoms with Gasteiger partial charge in [0, 0.05) is 10.6 Å². The number of rotatable bonds is 8. The Bertz CT molecular complexity index is 846. The minimum atomic E-state index is -3.06. The van der Waals surface area contributed by atoms with Crippen molar-refractivity contribution in [3.05, 3.63) is 59.1 Å². The van der Waals surface area contributed by atoms with E-state index in [9.17, 15) is 23.2 Å². The van der Waals surface area contributed by atoms with Gasteiger partial charge in [0.25, 0.3) is 11.8 Å². The molecule has 2 aromatic carbocycles. The van der Waals surface area contributed by atoms with Crippen LogP contribution in [0.25, 0.3) is 0 Å². The number of anilines is 1. The first-order valence-corrected chi connectivity index (χ1v) is 8.26. The molecule has 0 unspecified atom stereocenters. The quantitative estimate of drug-likeness (QED) is 0.650. The molecule has 7 nitrogen and oxygen atoms in total. The van der Waals surface area contributed by atoms with Gasteiger partial charge >= 0.3 is 12.6 Å². The number of hydrogen-bond donors (Lipinski definition) is 2. The van der Waals surface area contributed by atoms with Crippen LogP contribution in [0.1, 0.15) is 10.4 Å². The molecule has 0 bridgehead atoms. The van der Waals surface area contributed by atoms with Gasteiger partial charge in [0.15, 0.2) is 6.61 Å². The molecule has 0 atom stereocenters. The first-order valence-electron chi connectivity index (χ1n) is 7.88. The minimum Gasteiger partial charge on any atom is -0.454 e. The number of amides is 2. The second-order valence-corrected chi connectivity index (χ2v) is 5.71. The fraction of sp³-hybridized carbons (Fsp3) is 0.167. The van der Waals surface area contributed by atoms with E-state index in [2.05, 4.69) is 15.4 Å². The highest BCUT2D eigenvalue weighted by atomic mass is 35.5. The first kappa shape index (κ1) is 21.1. The van der Waals surface area contributed by atoms with E-state index in [1.54, 1.807) is 0 Å². The largest absolute Gasteiger partial charge is 0.454 e. The molecule has 0 fully saturated rings. The Hall–Kier alpha value is -3.20. The lowest BCUT2D eigenvalue weighted by Crippen LogP contribution is -2.32. The van der Waals surface area contributed by atoms with Gasteiger partial charge in [0.2, 0.25) is 0 Å². The zero-order valence-corrected chi connectivity index (χ0v) is 15.0. The zero-order chi connectivity index (χ0) is 20.5. The van der Waals surface area contributed by atoms with Crippen molar-refractivity contribution in [3.63, 3.8) is 0 Å². The molecule has 0 saturated carbocycles. The van der Waals surface area contributed by atoms with Crippen LogP contribution < -0.4 is 15.4 Å². The maximum absolute atomic E-state index is 12.3. The summed E-state index contributed by atoms with van der Waals surface area (Å²) < 4.78 is 33.7. The second-order valence-electron chi connectivity index (χ2n) is 5.27. The number of alkyl halides is 2. The summed E-state index contributed by atoms with van der Waals surface area (Å²) in [4.78, 5) is 35.3. The third-order valence-electron chi connectivity index (χ3n) is 3.24. The van der Waals surface area contributed by atoms with Crippen molar-refractivity contribution in [3.8, 4) is 5.75 Å². The highest BCUT2D eigenvalue weighted by Crippen LogP contribution is 2.25. The summed E-state index contributed by atoms with van der Waals surface area (Å²) in [6.45, 7) is -4.18. The van der Waals surface area contributed by atoms with Gasteiger partial charge in [0.1, 0.15) is 12.3 Å². The average molecular weight is 413 g/mol. The van der Waals surface area contributed by atoms with Gasteiger partial charge in [0.05, 0.1) is 5.69 Å². The molecule has 0 aromatic heterocycles. The summed E-state index contributed by atoms with van der Waals surface area (Å²) in [5.41, 5.74) is 0.297. The molecular weight excluding hydrogens is 398 g/mol. The van der Waals surface area contributed by atoms with Gasteiger partial charge in [-0.3, -0.25) is 14.4 Å². The molecule has 2 N–H and O–H groups in total. The van der Waals surface area contributed by atoms with E-state index in [0.717, 1.165) is 0 Å². The topological polar surface area (TPSA) is 93.7 Å². The molecule has 0 aliphatic heterocycles. The fourth-order valence-corrected chi connectivity index (χ4v) is 2.13. The van der Waals surface area contributed by atoms with Gasteiger partial charge in [-0.05, 0) is 36.4 Å². The lowest BCUT2D eigenvalue weighted by atomic mass is 10.2. The number of benzene rings is 2. The second kappa shape index (κ2) is 10.2. The van der Waals surface area contributed by atoms with E-state index in [-0.39, 0.29) is 11.4 Å². The molecule has 0 heterocycles. The molecule has 2 rings (SSSR count). The van der Waals surface area contributed by atoms with Crippen molar-refractivity contribution in [2.24, 2.45) is 0 Å². The number of para-hydroxylation sites is 2. The summed E-state index contributed by atoms with van der Waals surface area (Å²) in [5.74, 6) is -2.36. The van der Waals surface area contributed by atoms with E-state index in [0.29, 0.717) is 10.6 Å². The molecule has 0 spiro atoms. The molecule has 10 heteroatoms. The van der Waals surface area contributed by atoms with Crippen LogP contribution >= 0.6 is 11.6 Å². The summed E-state index contributed by atoms with van der Waals surface area (Å²) in [6, 6.07) is 11.6. The molecule has 0 saturated heterocycles. The van der Waals surface area contributed by atoms with Crippen LogP contribution in [0.5, 0.6) is 5.75 Å². The number of carbonyl (C=O) groups excluding carboxylic acids is 3. The van der Waals surface area contributed by atoms with Crippen molar-refractivity contribution < 1.29 is 32.6 Å². The molecule has 2 aromatic rings. The lowest BCUT2D eigenvalue weighted by molar-refractivity contribution is -0.146. The van der Waals surface area contributed by atoms with Crippen LogP contribution in [0.3, 0.4) is 0 Å². The number of nitrogens with one attached hydrogen (secondary N) is 2. The molecule has 148 valence electrons. The van der Waals surface area contributed by atoms with Crippen LogP contribution in [0.2, 0.25) is 5.02 Å². The Morgan fingerprint density at radius 1 is 1.04 bits per heavy atom. The standard InChI is InChI=1S/C18H15ClF2N2O5/c19-12-7-5-11(6-8-12)17(26)22-9-16(25)27-10-15(24)23-13-3-1-2-4-14(13)28-18(20)21/h1-8,18H,9-10H2,(H,22,26)(H,23,24). The Morgan fingerprint density at radius 2 is 1.71 bits per heavy atom. The van der Waals surface area contributed by atoms with Gasteiger partial charge in [-0.2, -0.15) is 8.78 Å². The summed E-state index contributed by atoms with van der Waals surface area (Å²) in [5, 5.41) is 5.08. The van der Waals surface area contributed by atoms with E-state index in [1.807, 2.05) is 0 Å². The highest BCUT2D eigenvalue weighted by Gasteiger charge is 2.14. The minimum absolute atomic E-state index is 0.000102. The van der Waals surface area contributed by atoms with Crippen molar-refractivity contribution in [2.75, 3.05) is 18.5 Å². The molecule has 2 amide bonds. The maximum atomic E-state index is 12.3. The summed E-state index contributed by atoms with van der Waals surface area (Å²) in [6.07, 6.45) is 0. The van der Waals surface area contributed by atoms with Crippen LogP contribution in [-0.2, 0) is 14.3 Å². The predicted octanol–water partition coefficient (Wildman–Crippen LogP) is 2.85. The molecule has 0 aliphatic carbocycles. The van der Waals surface area contributed by atoms with Crippen LogP contribution in [0.4, 0.5) is 14.5 Å². The number of ether oxygens (including phenoxy) is 2. The Morgan fingerprint density at radius 3 is 2.39 bits per heavy atom. The van der Waals surface area contributed by atoms with E-state index in [1.165, 1.54) is 48.5 Å². The van der Waals surface area contributed by atoms with Crippen LogP contribution in [0.15, 0.2) is 48.5 Å². The average Bonchev–Trinajstić information content (AvgIpc) is 2.66. The number of esters is 1. The van der Waals surface area contributed by atoms with Crippen molar-refractivity contribution in [1.29, 1.82) is 0 Å². The summed E-state index contributed by atoms with van der Waals surface area (Å²) >= 11 is 5.72. The third-order valence-corrected chi connectivity index (χ3v) is 3.49. The van der Waals surface area contributed by atoms with E-state index >= 15 is 0 Å². The molecule has 0 aliphatic rings. The molecular formula is C18H15ClF2N2O5. The first-order chi connectivity index (χ1) is 13.3. The van der Waals surface area contributed by atoms with Gasteiger partial charge in [-0.25, -0.2) is 0 Å². The highest BCUT2D eigenvalue weighted by molar-refractivity contribution is 6.30. The van der Waals surface area contributed by atoms with E-state index < -0.39 is 37.5 Å². The lowest BCUT2D eigenvalue weighted by Gasteiger charge is -2.12. The SMILES string of the molecule is O=C(COC(=O)CNC(=O)c1ccc(Cl)cc1)Nc1ccccc1OC(F)F. The van der Waals surface area contributed by atoms with E-state index in [4.69, 9.17) is 16.3 Å². The smallest absolute Gasteiger partial charge is 0.387 e. The Balaban J connectivity index is 1.77. The molecule has 28 heavy (non-hydrogen) atoms. The van der Waals surface area contributed by atoms with Crippen LogP contribution in [-0.4, -0.2) is 37.5 Å². The summed E-state index contributed by atoms with van der Waals surface area (Å²) in [7, 11) is 0. The van der Waals surface area contributed by atoms with Crippen molar-refractivity contribution >= 4 is 35.1 Å². The van der Waals surface area contributed by atoms with Crippen LogP contribution in [0, 0.1) is 0 Å². The fourth-order valence-electron chi connectivity index (χ4n) is 2.01. The van der Waals surface area contributed by atoms with Gasteiger partial charge < -0.3 is 20.1 Å². The predicted molar refractivity (Wildman–Crippen MR) is 96.4 cm³/mol. The van der Waals surface area contributed by atoms with Crippen molar-refractivity contribution in [1.82, 2.24) is 5.32 Å². The van der Waals surface area contributed by atoms with Crippen molar-refractivity contribution in [2.45, 2.75) is 6.61 Å². The normalized spacial score (nSPS) is 10.3. The number of hydrogen-bond acceptors (Lipinski definition) is 5. The Labute approximate surface area is 163 Å². The molecule has 0 radical (unpaired) electrons. The van der Waals surface area contributed by atoms with Gasteiger partial charge in [-0.1, -0.05) is 23.7 Å². The monoisotopic (exact) mass is 412 g/mol. The zero-order valence-electron chi connectivity index (χ0n) is 14.3. The maximum Gasteiger partial charge on any atom is 0.387 e.